The van der Waals surface area contributed by atoms with Gasteiger partial charge in [-0.3, -0.25) is 24.0 Å². The van der Waals surface area contributed by atoms with Crippen LogP contribution < -0.4 is 5.32 Å². The molecule has 1 amide bonds. The van der Waals surface area contributed by atoms with E-state index in [9.17, 15) is 24.0 Å². The number of hydrogen-bond acceptors (Lipinski definition) is 11. The van der Waals surface area contributed by atoms with E-state index >= 15 is 0 Å². The van der Waals surface area contributed by atoms with Gasteiger partial charge in [-0.15, -0.1) is 23.5 Å². The third-order valence-corrected chi connectivity index (χ3v) is 6.47. The molecule has 184 valence electrons. The number of carbonyl (C=O) groups is 5. The van der Waals surface area contributed by atoms with Crippen LogP contribution in [0.4, 0.5) is 0 Å². The number of amides is 1. The van der Waals surface area contributed by atoms with Gasteiger partial charge in [0.05, 0.1) is 10.6 Å². The summed E-state index contributed by atoms with van der Waals surface area (Å²) in [4.78, 5) is 59.1. The monoisotopic (exact) mass is 495 g/mol. The van der Waals surface area contributed by atoms with Gasteiger partial charge in [0.15, 0.2) is 18.3 Å². The lowest BCUT2D eigenvalue weighted by Gasteiger charge is -2.38. The lowest BCUT2D eigenvalue weighted by molar-refractivity contribution is -0.191. The first-order chi connectivity index (χ1) is 14.9. The van der Waals surface area contributed by atoms with E-state index in [0.717, 1.165) is 13.8 Å². The fourth-order valence-corrected chi connectivity index (χ4v) is 5.53. The Labute approximate surface area is 197 Å². The molecule has 0 aliphatic carbocycles. The predicted molar refractivity (Wildman–Crippen MR) is 121 cm³/mol. The van der Waals surface area contributed by atoms with E-state index in [4.69, 9.17) is 18.9 Å². The van der Waals surface area contributed by atoms with Crippen molar-refractivity contribution in [2.24, 2.45) is 0 Å². The molecule has 0 aliphatic rings. The Hall–Kier alpha value is -1.95. The zero-order valence-electron chi connectivity index (χ0n) is 19.5. The highest BCUT2D eigenvalue weighted by Gasteiger charge is 2.45. The number of nitrogens with one attached hydrogen (secondary N) is 1. The Morgan fingerprint density at radius 3 is 1.56 bits per heavy atom. The summed E-state index contributed by atoms with van der Waals surface area (Å²) in [5.74, 6) is -1.81. The first kappa shape index (κ1) is 30.0. The second-order valence-electron chi connectivity index (χ2n) is 6.60. The van der Waals surface area contributed by atoms with Gasteiger partial charge in [-0.05, 0) is 11.5 Å². The van der Waals surface area contributed by atoms with Gasteiger partial charge < -0.3 is 24.3 Å². The summed E-state index contributed by atoms with van der Waals surface area (Å²) in [7, 11) is 0. The minimum absolute atomic E-state index is 0.289. The predicted octanol–water partition coefficient (Wildman–Crippen LogP) is 1.68. The van der Waals surface area contributed by atoms with Crippen molar-refractivity contribution >= 4 is 53.3 Å². The second-order valence-corrected chi connectivity index (χ2v) is 9.74. The highest BCUT2D eigenvalue weighted by molar-refractivity contribution is 8.17. The van der Waals surface area contributed by atoms with E-state index < -0.39 is 60.7 Å². The highest BCUT2D eigenvalue weighted by atomic mass is 32.2. The van der Waals surface area contributed by atoms with Crippen molar-refractivity contribution in [1.82, 2.24) is 5.32 Å². The lowest BCUT2D eigenvalue weighted by atomic mass is 10.0. The highest BCUT2D eigenvalue weighted by Crippen LogP contribution is 2.32. The average molecular weight is 496 g/mol. The van der Waals surface area contributed by atoms with Gasteiger partial charge in [0, 0.05) is 34.6 Å². The van der Waals surface area contributed by atoms with Crippen LogP contribution in [-0.2, 0) is 42.9 Å². The molecule has 0 rings (SSSR count). The average Bonchev–Trinajstić information content (AvgIpc) is 2.65. The molecule has 0 radical (unpaired) electrons. The van der Waals surface area contributed by atoms with Gasteiger partial charge in [-0.1, -0.05) is 13.8 Å². The van der Waals surface area contributed by atoms with Crippen molar-refractivity contribution in [3.8, 4) is 0 Å². The SMILES string of the molecule is CCSC(SCC)[C@@H](NC(C)=O)[C@@H](OC(C)=O)[C@H](OC(C)=O)[C@@H](COC(C)=O)OC(C)=O. The molecule has 0 fully saturated rings. The van der Waals surface area contributed by atoms with Crippen molar-refractivity contribution in [2.45, 2.75) is 77.4 Å². The molecule has 10 nitrogen and oxygen atoms in total. The Morgan fingerprint density at radius 2 is 1.19 bits per heavy atom. The topological polar surface area (TPSA) is 134 Å². The van der Waals surface area contributed by atoms with Gasteiger partial charge in [0.1, 0.15) is 6.61 Å². The maximum absolute atomic E-state index is 12.0. The molecule has 0 heterocycles. The third kappa shape index (κ3) is 12.2. The summed E-state index contributed by atoms with van der Waals surface area (Å²) in [6, 6.07) is -0.814. The first-order valence-corrected chi connectivity index (χ1v) is 12.2. The molecule has 0 aromatic carbocycles. The molecule has 1 N–H and O–H groups in total. The number of ether oxygens (including phenoxy) is 4. The molecule has 4 atom stereocenters. The standard InChI is InChI=1S/C20H33NO9S2/c1-8-31-20(32-9-2)17(21-11(3)22)19(30-15(7)26)18(29-14(6)25)16(28-13(5)24)10-27-12(4)23/h16-20H,8-10H2,1-7H3,(H,21,22)/t16-,17+,18-,19-/m1/s1. The molecule has 0 spiro atoms. The van der Waals surface area contributed by atoms with Gasteiger partial charge in [0.2, 0.25) is 5.91 Å². The Balaban J connectivity index is 6.51. The summed E-state index contributed by atoms with van der Waals surface area (Å²) in [6.07, 6.45) is -3.86. The quantitative estimate of drug-likeness (QED) is 0.214. The molecule has 0 bridgehead atoms. The van der Waals surface area contributed by atoms with Crippen LogP contribution in [0.1, 0.15) is 48.5 Å². The second kappa shape index (κ2) is 15.8. The maximum Gasteiger partial charge on any atom is 0.303 e. The number of hydrogen-bond donors (Lipinski definition) is 1. The van der Waals surface area contributed by atoms with Crippen LogP contribution in [0.25, 0.3) is 0 Å². The molecule has 0 saturated carbocycles. The minimum Gasteiger partial charge on any atom is -0.462 e. The number of esters is 4. The third-order valence-electron chi connectivity index (χ3n) is 3.74. The Bertz CT molecular complexity index is 653. The van der Waals surface area contributed by atoms with Crippen LogP contribution in [0.2, 0.25) is 0 Å². The fraction of sp³-hybridized carbons (Fsp3) is 0.750. The van der Waals surface area contributed by atoms with Crippen molar-refractivity contribution in [1.29, 1.82) is 0 Å². The number of thioether (sulfide) groups is 2. The zero-order valence-corrected chi connectivity index (χ0v) is 21.1. The fourth-order valence-electron chi connectivity index (χ4n) is 2.81. The van der Waals surface area contributed by atoms with E-state index in [1.165, 1.54) is 44.3 Å². The van der Waals surface area contributed by atoms with Gasteiger partial charge in [-0.2, -0.15) is 0 Å². The van der Waals surface area contributed by atoms with Crippen molar-refractivity contribution in [2.75, 3.05) is 18.1 Å². The molecule has 0 aromatic rings. The smallest absolute Gasteiger partial charge is 0.303 e. The van der Waals surface area contributed by atoms with E-state index in [0.29, 0.717) is 11.5 Å². The van der Waals surface area contributed by atoms with Gasteiger partial charge >= 0.3 is 23.9 Å². The molecule has 0 aromatic heterocycles. The first-order valence-electron chi connectivity index (χ1n) is 10.1. The normalized spacial score (nSPS) is 14.5. The molecule has 32 heavy (non-hydrogen) atoms. The maximum atomic E-state index is 12.0. The van der Waals surface area contributed by atoms with Crippen molar-refractivity contribution < 1.29 is 42.9 Å². The van der Waals surface area contributed by atoms with Crippen LogP contribution in [0.5, 0.6) is 0 Å². The van der Waals surface area contributed by atoms with Crippen LogP contribution >= 0.6 is 23.5 Å². The summed E-state index contributed by atoms with van der Waals surface area (Å²) < 4.78 is 20.9. The molecule has 0 saturated heterocycles. The molecule has 12 heteroatoms. The van der Waals surface area contributed by atoms with Gasteiger partial charge in [0.25, 0.3) is 0 Å². The molecular weight excluding hydrogens is 462 g/mol. The Kier molecular flexibility index (Phi) is 14.8. The number of carbonyl (C=O) groups excluding carboxylic acids is 5. The van der Waals surface area contributed by atoms with Crippen molar-refractivity contribution in [3.63, 3.8) is 0 Å². The van der Waals surface area contributed by atoms with E-state index in [2.05, 4.69) is 5.32 Å². The molecule has 0 unspecified atom stereocenters. The van der Waals surface area contributed by atoms with E-state index in [1.807, 2.05) is 13.8 Å². The van der Waals surface area contributed by atoms with Crippen LogP contribution in [0.3, 0.4) is 0 Å². The molecule has 0 aliphatic heterocycles. The van der Waals surface area contributed by atoms with Crippen LogP contribution in [-0.4, -0.2) is 76.8 Å². The van der Waals surface area contributed by atoms with Crippen LogP contribution in [0.15, 0.2) is 0 Å². The van der Waals surface area contributed by atoms with E-state index in [-0.39, 0.29) is 4.58 Å². The summed E-state index contributed by atoms with van der Waals surface area (Å²) >= 11 is 3.02. The van der Waals surface area contributed by atoms with Gasteiger partial charge in [-0.25, -0.2) is 0 Å². The summed E-state index contributed by atoms with van der Waals surface area (Å²) in [5, 5.41) is 2.78. The number of rotatable bonds is 14. The lowest BCUT2D eigenvalue weighted by Crippen LogP contribution is -2.59. The summed E-state index contributed by atoms with van der Waals surface area (Å²) in [5.41, 5.74) is 0. The Morgan fingerprint density at radius 1 is 0.719 bits per heavy atom. The van der Waals surface area contributed by atoms with Crippen molar-refractivity contribution in [3.05, 3.63) is 0 Å². The zero-order chi connectivity index (χ0) is 24.8. The van der Waals surface area contributed by atoms with Crippen LogP contribution in [0, 0.1) is 0 Å². The minimum atomic E-state index is -1.35. The molecular formula is C20H33NO9S2. The largest absolute Gasteiger partial charge is 0.462 e. The summed E-state index contributed by atoms with van der Waals surface area (Å²) in [6.45, 7) is 9.36. The van der Waals surface area contributed by atoms with E-state index in [1.54, 1.807) is 0 Å².